The van der Waals surface area contributed by atoms with E-state index in [-0.39, 0.29) is 16.6 Å². The number of fused-ring (bicyclic) bond motifs is 1. The molecule has 0 fully saturated rings. The Morgan fingerprint density at radius 1 is 1.06 bits per heavy atom. The van der Waals surface area contributed by atoms with Crippen LogP contribution in [0.3, 0.4) is 0 Å². The number of benzene rings is 3. The highest BCUT2D eigenvalue weighted by atomic mass is 35.5. The number of halogens is 3. The average Bonchev–Trinajstić information content (AvgIpc) is 2.81. The zero-order valence-electron chi connectivity index (χ0n) is 18.0. The molecule has 4 rings (SSSR count). The molecule has 0 bridgehead atoms. The Hall–Kier alpha value is -3.09. The Morgan fingerprint density at radius 3 is 2.53 bits per heavy atom. The summed E-state index contributed by atoms with van der Waals surface area (Å²) in [7, 11) is 0. The Balaban J connectivity index is 1.38. The monoisotopic (exact) mass is 502 g/mol. The van der Waals surface area contributed by atoms with Gasteiger partial charge in [0.15, 0.2) is 5.78 Å². The van der Waals surface area contributed by atoms with E-state index in [9.17, 15) is 19.1 Å². The van der Waals surface area contributed by atoms with Crippen LogP contribution in [0.2, 0.25) is 10.0 Å². The van der Waals surface area contributed by atoms with Gasteiger partial charge in [-0.1, -0.05) is 29.3 Å². The van der Waals surface area contributed by atoms with Crippen molar-refractivity contribution in [1.82, 2.24) is 0 Å². The van der Waals surface area contributed by atoms with Crippen LogP contribution < -0.4 is 9.47 Å². The molecular weight excluding hydrogens is 482 g/mol. The Labute approximate surface area is 206 Å². The topological polar surface area (TPSA) is 72.8 Å². The third-order valence-corrected chi connectivity index (χ3v) is 6.32. The van der Waals surface area contributed by atoms with Gasteiger partial charge in [0, 0.05) is 28.6 Å². The molecule has 8 heteroatoms. The van der Waals surface area contributed by atoms with Gasteiger partial charge in [-0.2, -0.15) is 0 Å². The fraction of sp³-hybridized carbons (Fsp3) is 0.231. The summed E-state index contributed by atoms with van der Waals surface area (Å²) < 4.78 is 24.6. The van der Waals surface area contributed by atoms with Gasteiger partial charge in [-0.3, -0.25) is 9.59 Å². The van der Waals surface area contributed by atoms with Crippen LogP contribution in [-0.2, 0) is 11.2 Å². The van der Waals surface area contributed by atoms with Crippen molar-refractivity contribution in [2.24, 2.45) is 0 Å². The third kappa shape index (κ3) is 5.51. The zero-order valence-corrected chi connectivity index (χ0v) is 19.5. The number of hydrogen-bond donors (Lipinski definition) is 1. The maximum Gasteiger partial charge on any atom is 0.311 e. The Morgan fingerprint density at radius 2 is 1.82 bits per heavy atom. The number of rotatable bonds is 8. The minimum Gasteiger partial charge on any atom is -0.493 e. The molecule has 1 N–H and O–H groups in total. The van der Waals surface area contributed by atoms with Crippen molar-refractivity contribution in [3.8, 4) is 17.2 Å². The van der Waals surface area contributed by atoms with Crippen LogP contribution in [0.15, 0.2) is 54.6 Å². The SMILES string of the molecule is O=C(CCCc1ccc(F)cc1Cl)c1ccc(Oc2cc3c(cc2Cl)C(C(=O)O)CCO3)cc1. The molecule has 0 aliphatic carbocycles. The van der Waals surface area contributed by atoms with Gasteiger partial charge in [0.2, 0.25) is 0 Å². The highest BCUT2D eigenvalue weighted by Gasteiger charge is 2.29. The van der Waals surface area contributed by atoms with Crippen molar-refractivity contribution < 1.29 is 28.6 Å². The van der Waals surface area contributed by atoms with E-state index < -0.39 is 11.9 Å². The molecule has 0 saturated carbocycles. The molecular formula is C26H21Cl2FO5. The van der Waals surface area contributed by atoms with E-state index >= 15 is 0 Å². The Bertz CT molecular complexity index is 1230. The summed E-state index contributed by atoms with van der Waals surface area (Å²) >= 11 is 12.4. The lowest BCUT2D eigenvalue weighted by Gasteiger charge is -2.24. The number of carbonyl (C=O) groups is 2. The first kappa shape index (κ1) is 24.0. The number of carboxylic acid groups (broad SMARTS) is 1. The van der Waals surface area contributed by atoms with Crippen molar-refractivity contribution in [3.63, 3.8) is 0 Å². The molecule has 3 aromatic carbocycles. The normalized spacial score (nSPS) is 14.7. The second-order valence-electron chi connectivity index (χ2n) is 7.99. The first-order valence-corrected chi connectivity index (χ1v) is 11.5. The second-order valence-corrected chi connectivity index (χ2v) is 8.80. The Kier molecular flexibility index (Phi) is 7.39. The number of hydrogen-bond acceptors (Lipinski definition) is 4. The lowest BCUT2D eigenvalue weighted by molar-refractivity contribution is -0.139. The quantitative estimate of drug-likeness (QED) is 0.333. The summed E-state index contributed by atoms with van der Waals surface area (Å²) in [6.45, 7) is 0.301. The van der Waals surface area contributed by atoms with E-state index in [1.54, 1.807) is 42.5 Å². The number of ether oxygens (including phenoxy) is 2. The summed E-state index contributed by atoms with van der Waals surface area (Å²) in [5.41, 5.74) is 1.88. The molecule has 1 atom stereocenters. The molecule has 1 heterocycles. The lowest BCUT2D eigenvalue weighted by atomic mass is 9.93. The molecule has 0 amide bonds. The van der Waals surface area contributed by atoms with Gasteiger partial charge in [-0.15, -0.1) is 0 Å². The minimum absolute atomic E-state index is 0.0234. The lowest BCUT2D eigenvalue weighted by Crippen LogP contribution is -2.20. The summed E-state index contributed by atoms with van der Waals surface area (Å²) in [4.78, 5) is 24.0. The third-order valence-electron chi connectivity index (χ3n) is 5.67. The van der Waals surface area contributed by atoms with Crippen molar-refractivity contribution in [2.45, 2.75) is 31.6 Å². The van der Waals surface area contributed by atoms with Crippen molar-refractivity contribution in [2.75, 3.05) is 6.61 Å². The number of aliphatic carboxylic acids is 1. The predicted molar refractivity (Wildman–Crippen MR) is 127 cm³/mol. The molecule has 0 saturated heterocycles. The van der Waals surface area contributed by atoms with Gasteiger partial charge in [0.1, 0.15) is 23.1 Å². The van der Waals surface area contributed by atoms with E-state index in [1.165, 1.54) is 12.1 Å². The number of carboxylic acids is 1. The average molecular weight is 503 g/mol. The highest BCUT2D eigenvalue weighted by Crippen LogP contribution is 2.41. The molecule has 5 nitrogen and oxygen atoms in total. The highest BCUT2D eigenvalue weighted by molar-refractivity contribution is 6.32. The van der Waals surface area contributed by atoms with Crippen LogP contribution in [0.4, 0.5) is 4.39 Å². The van der Waals surface area contributed by atoms with Crippen molar-refractivity contribution >= 4 is 35.0 Å². The van der Waals surface area contributed by atoms with Crippen LogP contribution >= 0.6 is 23.2 Å². The van der Waals surface area contributed by atoms with Gasteiger partial charge < -0.3 is 14.6 Å². The molecule has 34 heavy (non-hydrogen) atoms. The summed E-state index contributed by atoms with van der Waals surface area (Å²) in [6, 6.07) is 14.1. The van der Waals surface area contributed by atoms with E-state index in [0.29, 0.717) is 65.7 Å². The number of Topliss-reactive ketones (excluding diaryl/α,β-unsaturated/α-hetero) is 1. The number of ketones is 1. The van der Waals surface area contributed by atoms with Gasteiger partial charge in [-0.25, -0.2) is 4.39 Å². The molecule has 0 radical (unpaired) electrons. The molecule has 1 aliphatic heterocycles. The summed E-state index contributed by atoms with van der Waals surface area (Å²) in [5, 5.41) is 10.0. The predicted octanol–water partition coefficient (Wildman–Crippen LogP) is 7.08. The van der Waals surface area contributed by atoms with Crippen LogP contribution in [0.25, 0.3) is 0 Å². The molecule has 1 unspecified atom stereocenters. The maximum atomic E-state index is 13.1. The molecule has 3 aromatic rings. The standard InChI is InChI=1S/C26H21Cl2FO5/c27-21-12-17(29)7-4-15(21)2-1-3-23(30)16-5-8-18(9-6-16)34-25-14-24-20(13-22(25)28)19(26(31)32)10-11-33-24/h4-9,12-14,19H,1-3,10-11H2,(H,31,32). The van der Waals surface area contributed by atoms with E-state index in [4.69, 9.17) is 32.7 Å². The van der Waals surface area contributed by atoms with Crippen LogP contribution in [0.5, 0.6) is 17.2 Å². The summed E-state index contributed by atoms with van der Waals surface area (Å²) in [5.74, 6) is -0.754. The molecule has 0 aromatic heterocycles. The first-order chi connectivity index (χ1) is 16.3. The minimum atomic E-state index is -0.921. The van der Waals surface area contributed by atoms with Gasteiger partial charge in [0.25, 0.3) is 0 Å². The largest absolute Gasteiger partial charge is 0.493 e. The van der Waals surface area contributed by atoms with Crippen molar-refractivity contribution in [1.29, 1.82) is 0 Å². The molecule has 0 spiro atoms. The summed E-state index contributed by atoms with van der Waals surface area (Å²) in [6.07, 6.45) is 1.87. The fourth-order valence-corrected chi connectivity index (χ4v) is 4.34. The van der Waals surface area contributed by atoms with Gasteiger partial charge >= 0.3 is 5.97 Å². The number of carbonyl (C=O) groups excluding carboxylic acids is 1. The second kappa shape index (κ2) is 10.5. The van der Waals surface area contributed by atoms with E-state index in [2.05, 4.69) is 0 Å². The van der Waals surface area contributed by atoms with Gasteiger partial charge in [-0.05, 0) is 67.3 Å². The zero-order chi connectivity index (χ0) is 24.2. The van der Waals surface area contributed by atoms with Crippen LogP contribution in [-0.4, -0.2) is 23.5 Å². The maximum absolute atomic E-state index is 13.1. The first-order valence-electron chi connectivity index (χ1n) is 10.8. The van der Waals surface area contributed by atoms with Crippen LogP contribution in [0, 0.1) is 5.82 Å². The van der Waals surface area contributed by atoms with Gasteiger partial charge in [0.05, 0.1) is 17.5 Å². The molecule has 176 valence electrons. The van der Waals surface area contributed by atoms with Crippen LogP contribution in [0.1, 0.15) is 46.7 Å². The fourth-order valence-electron chi connectivity index (χ4n) is 3.87. The molecule has 1 aliphatic rings. The smallest absolute Gasteiger partial charge is 0.311 e. The van der Waals surface area contributed by atoms with Crippen molar-refractivity contribution in [3.05, 3.63) is 87.2 Å². The number of aryl methyl sites for hydroxylation is 1. The van der Waals surface area contributed by atoms with E-state index in [0.717, 1.165) is 5.56 Å². The van der Waals surface area contributed by atoms with E-state index in [1.807, 2.05) is 0 Å².